The SMILES string of the molecule is CC(=O)C[C@H](Cl)S(C)(=O)=O. The summed E-state index contributed by atoms with van der Waals surface area (Å²) in [5.74, 6) is -0.217. The average Bonchev–Trinajstić information content (AvgIpc) is 1.60. The van der Waals surface area contributed by atoms with Crippen LogP contribution in [0.3, 0.4) is 0 Å². The van der Waals surface area contributed by atoms with E-state index in [2.05, 4.69) is 0 Å². The van der Waals surface area contributed by atoms with E-state index < -0.39 is 14.5 Å². The number of alkyl halides is 1. The Balaban J connectivity index is 4.12. The van der Waals surface area contributed by atoms with Gasteiger partial charge in [-0.25, -0.2) is 8.42 Å². The Morgan fingerprint density at radius 2 is 2.00 bits per heavy atom. The maximum Gasteiger partial charge on any atom is 0.164 e. The molecule has 1 atom stereocenters. The highest BCUT2D eigenvalue weighted by molar-refractivity contribution is 7.92. The Morgan fingerprint density at radius 3 is 2.10 bits per heavy atom. The summed E-state index contributed by atoms with van der Waals surface area (Å²) in [6.07, 6.45) is 0.897. The summed E-state index contributed by atoms with van der Waals surface area (Å²) in [5, 5.41) is 0. The van der Waals surface area contributed by atoms with Crippen molar-refractivity contribution in [2.75, 3.05) is 6.26 Å². The van der Waals surface area contributed by atoms with E-state index in [1.54, 1.807) is 0 Å². The third-order valence-corrected chi connectivity index (χ3v) is 3.13. The molecule has 0 aromatic rings. The highest BCUT2D eigenvalue weighted by Crippen LogP contribution is 2.09. The van der Waals surface area contributed by atoms with Crippen molar-refractivity contribution in [1.29, 1.82) is 0 Å². The highest BCUT2D eigenvalue weighted by Gasteiger charge is 2.18. The van der Waals surface area contributed by atoms with Gasteiger partial charge in [-0.15, -0.1) is 11.6 Å². The van der Waals surface area contributed by atoms with E-state index in [1.165, 1.54) is 6.92 Å². The maximum absolute atomic E-state index is 10.6. The molecule has 3 nitrogen and oxygen atoms in total. The molecule has 60 valence electrons. The van der Waals surface area contributed by atoms with Crippen LogP contribution in [0.15, 0.2) is 0 Å². The van der Waals surface area contributed by atoms with Gasteiger partial charge in [0.15, 0.2) is 9.84 Å². The molecule has 0 unspecified atom stereocenters. The number of halogens is 1. The monoisotopic (exact) mass is 184 g/mol. The van der Waals surface area contributed by atoms with Crippen LogP contribution >= 0.6 is 11.6 Å². The van der Waals surface area contributed by atoms with E-state index in [1.807, 2.05) is 0 Å². The number of rotatable bonds is 3. The Hall–Kier alpha value is -0.0900. The summed E-state index contributed by atoms with van der Waals surface area (Å²) in [6, 6.07) is 0. The van der Waals surface area contributed by atoms with Gasteiger partial charge in [-0.1, -0.05) is 0 Å². The molecule has 0 radical (unpaired) electrons. The van der Waals surface area contributed by atoms with E-state index >= 15 is 0 Å². The van der Waals surface area contributed by atoms with E-state index in [0.717, 1.165) is 6.26 Å². The van der Waals surface area contributed by atoms with Crippen LogP contribution in [0.2, 0.25) is 0 Å². The van der Waals surface area contributed by atoms with Crippen LogP contribution in [-0.2, 0) is 14.6 Å². The van der Waals surface area contributed by atoms with Crippen molar-refractivity contribution in [3.8, 4) is 0 Å². The van der Waals surface area contributed by atoms with Gasteiger partial charge in [-0.2, -0.15) is 0 Å². The van der Waals surface area contributed by atoms with E-state index in [4.69, 9.17) is 11.6 Å². The van der Waals surface area contributed by atoms with Crippen molar-refractivity contribution >= 4 is 27.2 Å². The molecule has 0 rings (SSSR count). The first-order chi connectivity index (χ1) is 4.34. The lowest BCUT2D eigenvalue weighted by Gasteiger charge is -2.02. The smallest absolute Gasteiger partial charge is 0.164 e. The van der Waals surface area contributed by atoms with Gasteiger partial charge in [0, 0.05) is 12.7 Å². The molecule has 0 amide bonds. The predicted molar refractivity (Wildman–Crippen MR) is 39.8 cm³/mol. The number of Topliss-reactive ketones (excluding diaryl/α,β-unsaturated/α-hetero) is 1. The topological polar surface area (TPSA) is 51.2 Å². The van der Waals surface area contributed by atoms with Gasteiger partial charge in [0.1, 0.15) is 10.5 Å². The van der Waals surface area contributed by atoms with Crippen molar-refractivity contribution in [2.45, 2.75) is 18.1 Å². The zero-order valence-electron chi connectivity index (χ0n) is 5.80. The van der Waals surface area contributed by atoms with Crippen LogP contribution in [0, 0.1) is 0 Å². The van der Waals surface area contributed by atoms with E-state index in [9.17, 15) is 13.2 Å². The maximum atomic E-state index is 10.6. The van der Waals surface area contributed by atoms with Gasteiger partial charge < -0.3 is 0 Å². The molecule has 5 heteroatoms. The first-order valence-corrected chi connectivity index (χ1v) is 5.05. The van der Waals surface area contributed by atoms with Crippen LogP contribution in [0.4, 0.5) is 0 Å². The summed E-state index contributed by atoms with van der Waals surface area (Å²) in [4.78, 5) is 10.4. The lowest BCUT2D eigenvalue weighted by atomic mass is 10.3. The zero-order valence-corrected chi connectivity index (χ0v) is 7.37. The second kappa shape index (κ2) is 3.34. The van der Waals surface area contributed by atoms with Gasteiger partial charge >= 0.3 is 0 Å². The lowest BCUT2D eigenvalue weighted by molar-refractivity contribution is -0.116. The molecule has 0 aromatic heterocycles. The molecule has 0 fully saturated rings. The third-order valence-electron chi connectivity index (χ3n) is 0.913. The van der Waals surface area contributed by atoms with Crippen LogP contribution in [0.25, 0.3) is 0 Å². The average molecular weight is 185 g/mol. The molecule has 0 aliphatic carbocycles. The Morgan fingerprint density at radius 1 is 1.60 bits per heavy atom. The summed E-state index contributed by atoms with van der Waals surface area (Å²) < 4.78 is 20.1. The number of ketones is 1. The number of hydrogen-bond donors (Lipinski definition) is 0. The summed E-state index contributed by atoms with van der Waals surface area (Å²) >= 11 is 5.34. The molecule has 0 spiro atoms. The molecular weight excluding hydrogens is 176 g/mol. The first-order valence-electron chi connectivity index (χ1n) is 2.66. The van der Waals surface area contributed by atoms with Crippen molar-refractivity contribution in [3.63, 3.8) is 0 Å². The lowest BCUT2D eigenvalue weighted by Crippen LogP contribution is -2.15. The quantitative estimate of drug-likeness (QED) is 0.603. The number of sulfone groups is 1. The number of carbonyl (C=O) groups is 1. The van der Waals surface area contributed by atoms with Crippen LogP contribution in [-0.4, -0.2) is 25.2 Å². The van der Waals surface area contributed by atoms with Crippen LogP contribution in [0.5, 0.6) is 0 Å². The first kappa shape index (κ1) is 9.91. The van der Waals surface area contributed by atoms with Crippen molar-refractivity contribution in [3.05, 3.63) is 0 Å². The van der Waals surface area contributed by atoms with E-state index in [-0.39, 0.29) is 12.2 Å². The fourth-order valence-electron chi connectivity index (χ4n) is 0.377. The van der Waals surface area contributed by atoms with Gasteiger partial charge in [-0.3, -0.25) is 4.79 Å². The predicted octanol–water partition coefficient (Wildman–Crippen LogP) is 0.575. The normalized spacial score (nSPS) is 14.7. The standard InChI is InChI=1S/C5H9ClO3S/c1-4(7)3-5(6)10(2,8)9/h5H,3H2,1-2H3/t5-/m1/s1. The fourth-order valence-corrected chi connectivity index (χ4v) is 1.13. The molecule has 0 aliphatic rings. The molecule has 0 saturated carbocycles. The van der Waals surface area contributed by atoms with Gasteiger partial charge in [-0.05, 0) is 6.92 Å². The molecule has 0 bridgehead atoms. The van der Waals surface area contributed by atoms with Crippen LogP contribution < -0.4 is 0 Å². The number of hydrogen-bond acceptors (Lipinski definition) is 3. The highest BCUT2D eigenvalue weighted by atomic mass is 35.5. The molecule has 0 aliphatic heterocycles. The van der Waals surface area contributed by atoms with Gasteiger partial charge in [0.05, 0.1) is 0 Å². The Kier molecular flexibility index (Phi) is 3.31. The second-order valence-electron chi connectivity index (χ2n) is 2.15. The second-order valence-corrected chi connectivity index (χ2v) is 5.16. The van der Waals surface area contributed by atoms with Gasteiger partial charge in [0.25, 0.3) is 0 Å². The molecule has 0 heterocycles. The minimum Gasteiger partial charge on any atom is -0.300 e. The van der Waals surface area contributed by atoms with E-state index in [0.29, 0.717) is 0 Å². The Bertz CT molecular complexity index is 219. The molecule has 0 saturated heterocycles. The summed E-state index contributed by atoms with van der Waals surface area (Å²) in [7, 11) is -3.25. The summed E-state index contributed by atoms with van der Waals surface area (Å²) in [5.41, 5.74) is 0. The zero-order chi connectivity index (χ0) is 8.36. The number of carbonyl (C=O) groups excluding carboxylic acids is 1. The molecule has 0 aromatic carbocycles. The van der Waals surface area contributed by atoms with Crippen molar-refractivity contribution < 1.29 is 13.2 Å². The minimum absolute atomic E-state index is 0.111. The Labute approximate surface area is 65.3 Å². The van der Waals surface area contributed by atoms with Gasteiger partial charge in [0.2, 0.25) is 0 Å². The van der Waals surface area contributed by atoms with Crippen LogP contribution in [0.1, 0.15) is 13.3 Å². The van der Waals surface area contributed by atoms with Crippen molar-refractivity contribution in [1.82, 2.24) is 0 Å². The van der Waals surface area contributed by atoms with Crippen molar-refractivity contribution in [2.24, 2.45) is 0 Å². The molecule has 0 N–H and O–H groups in total. The fraction of sp³-hybridized carbons (Fsp3) is 0.800. The third kappa shape index (κ3) is 3.85. The summed E-state index contributed by atoms with van der Waals surface area (Å²) in [6.45, 7) is 1.31. The molecule has 10 heavy (non-hydrogen) atoms. The largest absolute Gasteiger partial charge is 0.300 e. The molecular formula is C5H9ClO3S. The minimum atomic E-state index is -3.25.